The molecule has 2 rings (SSSR count). The maximum atomic E-state index is 5.61. The Morgan fingerprint density at radius 2 is 2.20 bits per heavy atom. The lowest BCUT2D eigenvalue weighted by Crippen LogP contribution is -2.07. The summed E-state index contributed by atoms with van der Waals surface area (Å²) in [6.45, 7) is 0.548. The Kier molecular flexibility index (Phi) is 2.77. The van der Waals surface area contributed by atoms with Crippen molar-refractivity contribution in [2.24, 2.45) is 7.05 Å². The van der Waals surface area contributed by atoms with Gasteiger partial charge in [-0.25, -0.2) is 0 Å². The maximum Gasteiger partial charge on any atom is 0.151 e. The summed E-state index contributed by atoms with van der Waals surface area (Å²) >= 11 is 5.61. The number of hydrogen-bond acceptors (Lipinski definition) is 5. The number of rotatable bonds is 3. The number of aromatic nitrogens is 5. The highest BCUT2D eigenvalue weighted by molar-refractivity contribution is 6.29. The van der Waals surface area contributed by atoms with Crippen LogP contribution in [0.15, 0.2) is 18.5 Å². The number of nitrogens with one attached hydrogen (secondary N) is 1. The van der Waals surface area contributed by atoms with Crippen LogP contribution in [0, 0.1) is 0 Å². The van der Waals surface area contributed by atoms with Gasteiger partial charge in [0.25, 0.3) is 0 Å². The van der Waals surface area contributed by atoms with Crippen LogP contribution in [0.5, 0.6) is 0 Å². The van der Waals surface area contributed by atoms with Crippen molar-refractivity contribution >= 4 is 17.4 Å². The summed E-state index contributed by atoms with van der Waals surface area (Å²) in [5.74, 6) is 1.48. The van der Waals surface area contributed by atoms with Crippen molar-refractivity contribution in [1.82, 2.24) is 25.0 Å². The summed E-state index contributed by atoms with van der Waals surface area (Å²) in [5.41, 5.74) is 0. The van der Waals surface area contributed by atoms with E-state index in [0.29, 0.717) is 17.5 Å². The first-order valence-electron chi connectivity index (χ1n) is 4.31. The summed E-state index contributed by atoms with van der Waals surface area (Å²) < 4.78 is 1.83. The zero-order valence-corrected chi connectivity index (χ0v) is 8.81. The lowest BCUT2D eigenvalue weighted by molar-refractivity contribution is 0.808. The van der Waals surface area contributed by atoms with E-state index in [4.69, 9.17) is 11.6 Å². The van der Waals surface area contributed by atoms with E-state index in [-0.39, 0.29) is 0 Å². The Balaban J connectivity index is 1.99. The van der Waals surface area contributed by atoms with Crippen molar-refractivity contribution in [3.8, 4) is 0 Å². The molecule has 0 bridgehead atoms. The summed E-state index contributed by atoms with van der Waals surface area (Å²) in [6, 6.07) is 3.43. The highest BCUT2D eigenvalue weighted by Gasteiger charge is 2.00. The molecule has 0 aliphatic rings. The number of nitrogens with zero attached hydrogens (tertiary/aromatic N) is 5. The molecule has 78 valence electrons. The monoisotopic (exact) mass is 224 g/mol. The third-order valence-electron chi connectivity index (χ3n) is 1.86. The van der Waals surface area contributed by atoms with Gasteiger partial charge in [0.2, 0.25) is 0 Å². The van der Waals surface area contributed by atoms with Gasteiger partial charge in [0, 0.05) is 7.05 Å². The van der Waals surface area contributed by atoms with E-state index in [0.717, 1.165) is 5.82 Å². The molecular formula is C8H9ClN6. The van der Waals surface area contributed by atoms with Crippen LogP contribution in [0.3, 0.4) is 0 Å². The Bertz CT molecular complexity index is 437. The first kappa shape index (κ1) is 9.85. The molecule has 6 nitrogen and oxygen atoms in total. The molecule has 0 aromatic carbocycles. The van der Waals surface area contributed by atoms with E-state index < -0.39 is 0 Å². The van der Waals surface area contributed by atoms with Gasteiger partial charge in [-0.15, -0.1) is 20.4 Å². The van der Waals surface area contributed by atoms with Crippen LogP contribution in [0.1, 0.15) is 5.82 Å². The van der Waals surface area contributed by atoms with Crippen molar-refractivity contribution < 1.29 is 0 Å². The van der Waals surface area contributed by atoms with Crippen LogP contribution in [0.25, 0.3) is 0 Å². The molecule has 2 aromatic rings. The zero-order chi connectivity index (χ0) is 10.7. The van der Waals surface area contributed by atoms with Crippen molar-refractivity contribution in [3.63, 3.8) is 0 Å². The van der Waals surface area contributed by atoms with Gasteiger partial charge < -0.3 is 9.88 Å². The fourth-order valence-electron chi connectivity index (χ4n) is 1.05. The van der Waals surface area contributed by atoms with E-state index in [1.54, 1.807) is 18.5 Å². The fraction of sp³-hybridized carbons (Fsp3) is 0.250. The Morgan fingerprint density at radius 1 is 1.33 bits per heavy atom. The quantitative estimate of drug-likeness (QED) is 0.838. The molecule has 0 atom stereocenters. The third kappa shape index (κ3) is 2.41. The molecule has 7 heteroatoms. The van der Waals surface area contributed by atoms with E-state index >= 15 is 0 Å². The van der Waals surface area contributed by atoms with Crippen molar-refractivity contribution in [2.45, 2.75) is 6.54 Å². The molecule has 15 heavy (non-hydrogen) atoms. The summed E-state index contributed by atoms with van der Waals surface area (Å²) in [4.78, 5) is 0. The number of hydrogen-bond donors (Lipinski definition) is 1. The summed E-state index contributed by atoms with van der Waals surface area (Å²) in [7, 11) is 1.88. The average Bonchev–Trinajstić information content (AvgIpc) is 2.63. The van der Waals surface area contributed by atoms with Gasteiger partial charge in [0.1, 0.15) is 12.1 Å². The Hall–Kier alpha value is -1.69. The van der Waals surface area contributed by atoms with Crippen molar-refractivity contribution in [1.29, 1.82) is 0 Å². The smallest absolute Gasteiger partial charge is 0.151 e. The van der Waals surface area contributed by atoms with E-state index in [1.165, 1.54) is 0 Å². The zero-order valence-electron chi connectivity index (χ0n) is 8.05. The van der Waals surface area contributed by atoms with Gasteiger partial charge in [0.15, 0.2) is 11.0 Å². The van der Waals surface area contributed by atoms with Crippen molar-refractivity contribution in [3.05, 3.63) is 29.4 Å². The van der Waals surface area contributed by atoms with Crippen LogP contribution in [-0.4, -0.2) is 25.0 Å². The average molecular weight is 225 g/mol. The number of anilines is 1. The molecule has 1 N–H and O–H groups in total. The van der Waals surface area contributed by atoms with E-state index in [9.17, 15) is 0 Å². The molecule has 0 amide bonds. The van der Waals surface area contributed by atoms with Crippen LogP contribution in [0.2, 0.25) is 5.15 Å². The summed E-state index contributed by atoms with van der Waals surface area (Å²) in [5, 5.41) is 18.7. The minimum absolute atomic E-state index is 0.374. The van der Waals surface area contributed by atoms with Gasteiger partial charge in [-0.3, -0.25) is 0 Å². The SMILES string of the molecule is Cn1cnnc1CNc1ccc(Cl)nn1. The highest BCUT2D eigenvalue weighted by atomic mass is 35.5. The molecule has 0 unspecified atom stereocenters. The van der Waals surface area contributed by atoms with Crippen LogP contribution < -0.4 is 5.32 Å². The Labute approximate surface area is 91.3 Å². The largest absolute Gasteiger partial charge is 0.361 e. The van der Waals surface area contributed by atoms with Crippen molar-refractivity contribution in [2.75, 3.05) is 5.32 Å². The van der Waals surface area contributed by atoms with Gasteiger partial charge in [-0.2, -0.15) is 0 Å². The fourth-order valence-corrected chi connectivity index (χ4v) is 1.15. The third-order valence-corrected chi connectivity index (χ3v) is 2.07. The number of aryl methyl sites for hydroxylation is 1. The highest BCUT2D eigenvalue weighted by Crippen LogP contribution is 2.06. The second-order valence-electron chi connectivity index (χ2n) is 2.95. The van der Waals surface area contributed by atoms with Crippen LogP contribution >= 0.6 is 11.6 Å². The molecule has 2 aromatic heterocycles. The number of halogens is 1. The molecule has 0 saturated heterocycles. The van der Waals surface area contributed by atoms with Gasteiger partial charge in [-0.05, 0) is 12.1 Å². The minimum atomic E-state index is 0.374. The molecule has 2 heterocycles. The maximum absolute atomic E-state index is 5.61. The first-order chi connectivity index (χ1) is 7.25. The van der Waals surface area contributed by atoms with Gasteiger partial charge in [0.05, 0.1) is 6.54 Å². The summed E-state index contributed by atoms with van der Waals surface area (Å²) in [6.07, 6.45) is 1.64. The standard InChI is InChI=1S/C8H9ClN6/c1-15-5-11-14-8(15)4-10-7-3-2-6(9)12-13-7/h2-3,5H,4H2,1H3,(H,10,13). The second-order valence-corrected chi connectivity index (χ2v) is 3.34. The predicted octanol–water partition coefficient (Wildman–Crippen LogP) is 0.871. The van der Waals surface area contributed by atoms with E-state index in [1.807, 2.05) is 11.6 Å². The van der Waals surface area contributed by atoms with Gasteiger partial charge in [-0.1, -0.05) is 11.6 Å². The van der Waals surface area contributed by atoms with Crippen LogP contribution in [-0.2, 0) is 13.6 Å². The lowest BCUT2D eigenvalue weighted by Gasteiger charge is -2.03. The molecule has 0 fully saturated rings. The van der Waals surface area contributed by atoms with E-state index in [2.05, 4.69) is 25.7 Å². The van der Waals surface area contributed by atoms with Crippen LogP contribution in [0.4, 0.5) is 5.82 Å². The predicted molar refractivity (Wildman–Crippen MR) is 55.4 cm³/mol. The minimum Gasteiger partial charge on any atom is -0.361 e. The second kappa shape index (κ2) is 4.22. The topological polar surface area (TPSA) is 68.5 Å². The molecule has 0 aliphatic heterocycles. The molecular weight excluding hydrogens is 216 g/mol. The Morgan fingerprint density at radius 3 is 2.80 bits per heavy atom. The molecule has 0 radical (unpaired) electrons. The lowest BCUT2D eigenvalue weighted by atomic mass is 10.5. The molecule has 0 aliphatic carbocycles. The normalized spacial score (nSPS) is 10.3. The molecule has 0 spiro atoms. The van der Waals surface area contributed by atoms with Gasteiger partial charge >= 0.3 is 0 Å². The molecule has 0 saturated carbocycles. The first-order valence-corrected chi connectivity index (χ1v) is 4.69.